The molecular formula is C75H124O6. The first kappa shape index (κ1) is 76.5. The molecular weight excluding hydrogens is 997 g/mol. The summed E-state index contributed by atoms with van der Waals surface area (Å²) in [7, 11) is 0. The van der Waals surface area contributed by atoms with Gasteiger partial charge in [-0.1, -0.05) is 283 Å². The zero-order valence-corrected chi connectivity index (χ0v) is 52.8. The molecule has 460 valence electrons. The van der Waals surface area contributed by atoms with Gasteiger partial charge in [0.1, 0.15) is 13.2 Å². The molecule has 0 saturated heterocycles. The van der Waals surface area contributed by atoms with Gasteiger partial charge in [-0.2, -0.15) is 0 Å². The quantitative estimate of drug-likeness (QED) is 0.0261. The molecule has 0 amide bonds. The number of unbranched alkanes of at least 4 members (excludes halogenated alkanes) is 27. The summed E-state index contributed by atoms with van der Waals surface area (Å²) in [6.07, 6.45) is 96.1. The molecule has 0 aliphatic rings. The standard InChI is InChI=1S/C75H124O6/c1-4-7-10-13-16-19-22-25-27-29-31-33-35-36-37-38-40-41-43-45-47-50-53-56-59-62-65-68-74(77)80-71-72(70-79-73(76)67-64-61-58-55-52-49-24-21-18-15-12-9-6-3)81-75(78)69-66-63-60-57-54-51-48-46-44-42-39-34-32-30-28-26-23-20-17-14-11-8-5-2/h7,9-10,12,16,18-19,21,23,25-27,30-33,36-37,40-41,49,52,72H,4-6,8,11,13-15,17,20,22,24,28-29,34-35,38-39,42-48,50-51,53-71H2,1-3H3/b10-7-,12-9-,19-16-,21-18-,26-23-,27-25-,32-30-,33-31-,37-36-,41-40-,52-49-. The minimum absolute atomic E-state index is 0.0956. The molecule has 6 nitrogen and oxygen atoms in total. The topological polar surface area (TPSA) is 78.9 Å². The molecule has 6 heteroatoms. The second-order valence-corrected chi connectivity index (χ2v) is 22.0. The smallest absolute Gasteiger partial charge is 0.306 e. The average Bonchev–Trinajstić information content (AvgIpc) is 3.46. The summed E-state index contributed by atoms with van der Waals surface area (Å²) in [5, 5.41) is 0. The third kappa shape index (κ3) is 66.2. The Morgan fingerprint density at radius 2 is 0.481 bits per heavy atom. The summed E-state index contributed by atoms with van der Waals surface area (Å²) in [5.41, 5.74) is 0. The van der Waals surface area contributed by atoms with Crippen molar-refractivity contribution in [3.8, 4) is 0 Å². The number of carbonyl (C=O) groups is 3. The highest BCUT2D eigenvalue weighted by atomic mass is 16.6. The van der Waals surface area contributed by atoms with E-state index in [9.17, 15) is 14.4 Å². The second-order valence-electron chi connectivity index (χ2n) is 22.0. The Kier molecular flexibility index (Phi) is 64.3. The fourth-order valence-electron chi connectivity index (χ4n) is 9.14. The fourth-order valence-corrected chi connectivity index (χ4v) is 9.14. The second kappa shape index (κ2) is 68.1. The summed E-state index contributed by atoms with van der Waals surface area (Å²) in [6.45, 7) is 6.38. The number of ether oxygens (including phenoxy) is 3. The predicted octanol–water partition coefficient (Wildman–Crippen LogP) is 23.3. The monoisotopic (exact) mass is 1120 g/mol. The van der Waals surface area contributed by atoms with Crippen LogP contribution in [0.1, 0.15) is 303 Å². The van der Waals surface area contributed by atoms with E-state index in [1.54, 1.807) is 0 Å². The van der Waals surface area contributed by atoms with Crippen LogP contribution in [-0.2, 0) is 28.6 Å². The molecule has 0 aliphatic carbocycles. The summed E-state index contributed by atoms with van der Waals surface area (Å²) in [5.74, 6) is -0.930. The van der Waals surface area contributed by atoms with Gasteiger partial charge < -0.3 is 14.2 Å². The Hall–Kier alpha value is -4.45. The summed E-state index contributed by atoms with van der Waals surface area (Å²) in [6, 6.07) is 0. The number of hydrogen-bond acceptors (Lipinski definition) is 6. The molecule has 1 unspecified atom stereocenters. The maximum Gasteiger partial charge on any atom is 0.306 e. The molecule has 0 radical (unpaired) electrons. The molecule has 0 N–H and O–H groups in total. The number of allylic oxidation sites excluding steroid dienone is 22. The van der Waals surface area contributed by atoms with Gasteiger partial charge >= 0.3 is 17.9 Å². The first-order chi connectivity index (χ1) is 40.0. The van der Waals surface area contributed by atoms with Crippen LogP contribution in [0.4, 0.5) is 0 Å². The average molecular weight is 1120 g/mol. The number of rotatable bonds is 60. The Morgan fingerprint density at radius 3 is 0.765 bits per heavy atom. The lowest BCUT2D eigenvalue weighted by atomic mass is 10.0. The van der Waals surface area contributed by atoms with Gasteiger partial charge in [0, 0.05) is 19.3 Å². The minimum Gasteiger partial charge on any atom is -0.462 e. The highest BCUT2D eigenvalue weighted by Crippen LogP contribution is 2.16. The number of hydrogen-bond donors (Lipinski definition) is 0. The summed E-state index contributed by atoms with van der Waals surface area (Å²) < 4.78 is 16.9. The maximum atomic E-state index is 12.9. The van der Waals surface area contributed by atoms with Gasteiger partial charge in [-0.3, -0.25) is 14.4 Å². The first-order valence-electron chi connectivity index (χ1n) is 33.7. The highest BCUT2D eigenvalue weighted by Gasteiger charge is 2.19. The van der Waals surface area contributed by atoms with Crippen molar-refractivity contribution in [3.63, 3.8) is 0 Å². The Bertz CT molecular complexity index is 1720. The molecule has 0 heterocycles. The van der Waals surface area contributed by atoms with Crippen LogP contribution in [0.2, 0.25) is 0 Å². The van der Waals surface area contributed by atoms with Crippen molar-refractivity contribution >= 4 is 17.9 Å². The normalized spacial score (nSPS) is 13.0. The third-order valence-corrected chi connectivity index (χ3v) is 14.1. The molecule has 81 heavy (non-hydrogen) atoms. The van der Waals surface area contributed by atoms with E-state index in [2.05, 4.69) is 154 Å². The molecule has 0 rings (SSSR count). The van der Waals surface area contributed by atoms with E-state index in [4.69, 9.17) is 14.2 Å². The molecule has 0 aliphatic heterocycles. The Labute approximate surface area is 500 Å². The lowest BCUT2D eigenvalue weighted by molar-refractivity contribution is -0.167. The van der Waals surface area contributed by atoms with E-state index >= 15 is 0 Å². The van der Waals surface area contributed by atoms with Crippen molar-refractivity contribution < 1.29 is 28.6 Å². The van der Waals surface area contributed by atoms with Crippen molar-refractivity contribution in [1.29, 1.82) is 0 Å². The van der Waals surface area contributed by atoms with Crippen molar-refractivity contribution in [2.45, 2.75) is 309 Å². The molecule has 0 aromatic carbocycles. The van der Waals surface area contributed by atoms with Crippen LogP contribution in [0.25, 0.3) is 0 Å². The fraction of sp³-hybridized carbons (Fsp3) is 0.667. The van der Waals surface area contributed by atoms with Crippen molar-refractivity contribution in [2.75, 3.05) is 13.2 Å². The highest BCUT2D eigenvalue weighted by molar-refractivity contribution is 5.71. The Morgan fingerprint density at radius 1 is 0.259 bits per heavy atom. The molecule has 0 fully saturated rings. The van der Waals surface area contributed by atoms with Crippen molar-refractivity contribution in [3.05, 3.63) is 134 Å². The zero-order chi connectivity index (χ0) is 58.5. The van der Waals surface area contributed by atoms with Crippen LogP contribution >= 0.6 is 0 Å². The SMILES string of the molecule is CC/C=C\C/C=C\C/C=C\C/C=C\C/C=C\C/C=C\CCCCCCCCCCC(=O)OCC(COC(=O)CCCCC/C=C\C/C=C\C/C=C\CC)OC(=O)CCCCCCCCCCCCC/C=C\C/C=C\CCCCCCC. The molecule has 1 atom stereocenters. The van der Waals surface area contributed by atoms with E-state index in [0.717, 1.165) is 135 Å². The van der Waals surface area contributed by atoms with Gasteiger partial charge in [-0.25, -0.2) is 0 Å². The van der Waals surface area contributed by atoms with Crippen LogP contribution in [0.15, 0.2) is 134 Å². The van der Waals surface area contributed by atoms with Crippen LogP contribution in [0.3, 0.4) is 0 Å². The molecule has 0 aromatic heterocycles. The van der Waals surface area contributed by atoms with Crippen LogP contribution < -0.4 is 0 Å². The van der Waals surface area contributed by atoms with Crippen LogP contribution in [0, 0.1) is 0 Å². The zero-order valence-electron chi connectivity index (χ0n) is 52.8. The minimum atomic E-state index is -0.801. The van der Waals surface area contributed by atoms with Gasteiger partial charge in [0.15, 0.2) is 6.10 Å². The molecule has 0 bridgehead atoms. The molecule has 0 saturated carbocycles. The van der Waals surface area contributed by atoms with E-state index < -0.39 is 6.10 Å². The van der Waals surface area contributed by atoms with Gasteiger partial charge in [-0.15, -0.1) is 0 Å². The van der Waals surface area contributed by atoms with E-state index in [1.165, 1.54) is 128 Å². The van der Waals surface area contributed by atoms with E-state index in [-0.39, 0.29) is 31.1 Å². The number of esters is 3. The predicted molar refractivity (Wildman–Crippen MR) is 353 cm³/mol. The van der Waals surface area contributed by atoms with Gasteiger partial charge in [0.25, 0.3) is 0 Å². The lowest BCUT2D eigenvalue weighted by Crippen LogP contribution is -2.30. The first-order valence-corrected chi connectivity index (χ1v) is 33.7. The van der Waals surface area contributed by atoms with Crippen molar-refractivity contribution in [1.82, 2.24) is 0 Å². The summed E-state index contributed by atoms with van der Waals surface area (Å²) in [4.78, 5) is 38.4. The van der Waals surface area contributed by atoms with Gasteiger partial charge in [-0.05, 0) is 135 Å². The van der Waals surface area contributed by atoms with Crippen LogP contribution in [-0.4, -0.2) is 37.2 Å². The molecule has 0 spiro atoms. The largest absolute Gasteiger partial charge is 0.462 e. The van der Waals surface area contributed by atoms with E-state index in [0.29, 0.717) is 19.3 Å². The van der Waals surface area contributed by atoms with E-state index in [1.807, 2.05) is 0 Å². The molecule has 0 aromatic rings. The number of carbonyl (C=O) groups excluding carboxylic acids is 3. The maximum absolute atomic E-state index is 12.9. The van der Waals surface area contributed by atoms with Gasteiger partial charge in [0.2, 0.25) is 0 Å². The lowest BCUT2D eigenvalue weighted by Gasteiger charge is -2.18. The van der Waals surface area contributed by atoms with Gasteiger partial charge in [0.05, 0.1) is 0 Å². The Balaban J connectivity index is 4.36. The summed E-state index contributed by atoms with van der Waals surface area (Å²) >= 11 is 0. The third-order valence-electron chi connectivity index (χ3n) is 14.1. The van der Waals surface area contributed by atoms with Crippen molar-refractivity contribution in [2.24, 2.45) is 0 Å². The van der Waals surface area contributed by atoms with Crippen LogP contribution in [0.5, 0.6) is 0 Å².